The number of nitrogens with two attached hydrogens (primary N) is 1. The largest absolute Gasteiger partial charge is 0.480 e. The number of methoxy groups -OCH3 is 1. The second-order valence-electron chi connectivity index (χ2n) is 2.51. The molecule has 4 N–H and O–H groups in total. The van der Waals surface area contributed by atoms with Gasteiger partial charge in [0, 0.05) is 5.56 Å². The van der Waals surface area contributed by atoms with Crippen molar-refractivity contribution in [2.24, 2.45) is 5.73 Å². The van der Waals surface area contributed by atoms with E-state index in [2.05, 4.69) is 14.9 Å². The lowest BCUT2D eigenvalue weighted by Gasteiger charge is -2.04. The van der Waals surface area contributed by atoms with Crippen LogP contribution in [0.5, 0.6) is 0 Å². The Labute approximate surface area is 78.9 Å². The highest BCUT2D eigenvalue weighted by Gasteiger charge is 2.23. The van der Waals surface area contributed by atoms with Gasteiger partial charge in [-0.2, -0.15) is 5.10 Å². The fraction of sp³-hybridized carbons (Fsp3) is 0.286. The van der Waals surface area contributed by atoms with E-state index in [1.165, 1.54) is 13.3 Å². The Morgan fingerprint density at radius 1 is 1.71 bits per heavy atom. The third-order valence-corrected chi connectivity index (χ3v) is 1.66. The number of carboxylic acid groups (broad SMARTS) is 1. The highest BCUT2D eigenvalue weighted by atomic mass is 16.5. The Bertz CT molecular complexity index is 360. The Balaban J connectivity index is 3.04. The lowest BCUT2D eigenvalue weighted by molar-refractivity contribution is -0.138. The summed E-state index contributed by atoms with van der Waals surface area (Å²) in [6.45, 7) is 0. The number of rotatable bonds is 3. The van der Waals surface area contributed by atoms with E-state index in [4.69, 9.17) is 10.8 Å². The quantitative estimate of drug-likeness (QED) is 0.553. The van der Waals surface area contributed by atoms with Gasteiger partial charge in [0.1, 0.15) is 11.7 Å². The Morgan fingerprint density at radius 3 is 2.86 bits per heavy atom. The molecule has 0 aromatic carbocycles. The van der Waals surface area contributed by atoms with E-state index in [0.717, 1.165) is 0 Å². The highest BCUT2D eigenvalue weighted by Crippen LogP contribution is 2.14. The molecule has 7 heteroatoms. The summed E-state index contributed by atoms with van der Waals surface area (Å²) < 4.78 is 4.41. The van der Waals surface area contributed by atoms with Crippen LogP contribution in [0.15, 0.2) is 6.20 Å². The second kappa shape index (κ2) is 3.88. The molecule has 0 saturated heterocycles. The summed E-state index contributed by atoms with van der Waals surface area (Å²) in [7, 11) is 1.18. The van der Waals surface area contributed by atoms with Gasteiger partial charge in [-0.05, 0) is 0 Å². The predicted octanol–water partition coefficient (Wildman–Crippen LogP) is -0.719. The molecule has 0 fully saturated rings. The van der Waals surface area contributed by atoms with Gasteiger partial charge in [-0.25, -0.2) is 4.79 Å². The van der Waals surface area contributed by atoms with Crippen LogP contribution in [0.25, 0.3) is 0 Å². The van der Waals surface area contributed by atoms with Crippen LogP contribution in [-0.4, -0.2) is 34.4 Å². The van der Waals surface area contributed by atoms with Gasteiger partial charge < -0.3 is 15.6 Å². The van der Waals surface area contributed by atoms with Crippen LogP contribution in [0.1, 0.15) is 22.1 Å². The van der Waals surface area contributed by atoms with Gasteiger partial charge in [-0.15, -0.1) is 0 Å². The summed E-state index contributed by atoms with van der Waals surface area (Å²) in [6.07, 6.45) is 1.19. The van der Waals surface area contributed by atoms with Gasteiger partial charge in [0.2, 0.25) is 0 Å². The number of nitrogens with one attached hydrogen (secondary N) is 1. The number of carbonyl (C=O) groups is 2. The molecule has 0 spiro atoms. The van der Waals surface area contributed by atoms with Crippen molar-refractivity contribution < 1.29 is 19.4 Å². The molecule has 0 aliphatic heterocycles. The average molecular weight is 199 g/mol. The Morgan fingerprint density at radius 2 is 2.36 bits per heavy atom. The van der Waals surface area contributed by atoms with Crippen molar-refractivity contribution in [3.63, 3.8) is 0 Å². The number of aromatic amines is 1. The maximum Gasteiger partial charge on any atom is 0.356 e. The third kappa shape index (κ3) is 1.72. The fourth-order valence-corrected chi connectivity index (χ4v) is 0.930. The minimum Gasteiger partial charge on any atom is -0.480 e. The number of carbonyl (C=O) groups excluding carboxylic acids is 1. The standard InChI is InChI=1S/C7H9N3O4/c1-14-7(13)5-3(2-9-10-5)4(8)6(11)12/h2,4H,8H2,1H3,(H,9,10)(H,11,12). The summed E-state index contributed by atoms with van der Waals surface area (Å²) in [4.78, 5) is 21.6. The molecule has 1 atom stereocenters. The first-order valence-electron chi connectivity index (χ1n) is 3.68. The number of hydrogen-bond donors (Lipinski definition) is 3. The summed E-state index contributed by atoms with van der Waals surface area (Å²) in [6, 6.07) is -1.29. The molecule has 1 heterocycles. The van der Waals surface area contributed by atoms with Gasteiger partial charge in [0.15, 0.2) is 0 Å². The topological polar surface area (TPSA) is 118 Å². The van der Waals surface area contributed by atoms with Crippen LogP contribution in [-0.2, 0) is 9.53 Å². The summed E-state index contributed by atoms with van der Waals surface area (Å²) in [5.74, 6) is -1.94. The van der Waals surface area contributed by atoms with E-state index in [9.17, 15) is 9.59 Å². The van der Waals surface area contributed by atoms with Crippen molar-refractivity contribution in [2.75, 3.05) is 7.11 Å². The van der Waals surface area contributed by atoms with Crippen LogP contribution in [0.4, 0.5) is 0 Å². The van der Waals surface area contributed by atoms with E-state index in [1.807, 2.05) is 0 Å². The Kier molecular flexibility index (Phi) is 2.82. The molecule has 1 unspecified atom stereocenters. The van der Waals surface area contributed by atoms with Crippen molar-refractivity contribution in [1.29, 1.82) is 0 Å². The SMILES string of the molecule is COC(=O)c1[nH]ncc1C(N)C(=O)O. The summed E-state index contributed by atoms with van der Waals surface area (Å²) in [5, 5.41) is 14.5. The molecule has 1 aromatic heterocycles. The van der Waals surface area contributed by atoms with Crippen LogP contribution in [0.2, 0.25) is 0 Å². The van der Waals surface area contributed by atoms with Crippen molar-refractivity contribution in [2.45, 2.75) is 6.04 Å². The predicted molar refractivity (Wildman–Crippen MR) is 44.5 cm³/mol. The molecule has 1 aromatic rings. The van der Waals surface area contributed by atoms with E-state index < -0.39 is 18.0 Å². The van der Waals surface area contributed by atoms with Crippen molar-refractivity contribution >= 4 is 11.9 Å². The van der Waals surface area contributed by atoms with E-state index in [1.54, 1.807) is 0 Å². The monoisotopic (exact) mass is 199 g/mol. The smallest absolute Gasteiger partial charge is 0.356 e. The molecule has 1 rings (SSSR count). The van der Waals surface area contributed by atoms with Gasteiger partial charge in [-0.1, -0.05) is 0 Å². The highest BCUT2D eigenvalue weighted by molar-refractivity contribution is 5.91. The summed E-state index contributed by atoms with van der Waals surface area (Å²) >= 11 is 0. The number of ether oxygens (including phenoxy) is 1. The molecular formula is C7H9N3O4. The van der Waals surface area contributed by atoms with E-state index in [0.29, 0.717) is 0 Å². The van der Waals surface area contributed by atoms with Gasteiger partial charge in [0.25, 0.3) is 0 Å². The number of carboxylic acids is 1. The van der Waals surface area contributed by atoms with E-state index >= 15 is 0 Å². The zero-order valence-electron chi connectivity index (χ0n) is 7.35. The minimum atomic E-state index is -1.29. The molecule has 0 radical (unpaired) electrons. The normalized spacial score (nSPS) is 12.1. The molecule has 0 bridgehead atoms. The second-order valence-corrected chi connectivity index (χ2v) is 2.51. The van der Waals surface area contributed by atoms with Gasteiger partial charge in [-0.3, -0.25) is 9.89 Å². The molecule has 0 aliphatic rings. The number of aromatic nitrogens is 2. The van der Waals surface area contributed by atoms with Crippen molar-refractivity contribution in [1.82, 2.24) is 10.2 Å². The third-order valence-electron chi connectivity index (χ3n) is 1.66. The van der Waals surface area contributed by atoms with Crippen molar-refractivity contribution in [3.8, 4) is 0 Å². The lowest BCUT2D eigenvalue weighted by Crippen LogP contribution is -2.22. The first-order chi connectivity index (χ1) is 6.57. The first kappa shape index (κ1) is 10.2. The zero-order valence-corrected chi connectivity index (χ0v) is 7.35. The minimum absolute atomic E-state index is 0.0394. The van der Waals surface area contributed by atoms with Gasteiger partial charge in [0.05, 0.1) is 13.3 Å². The molecule has 0 aliphatic carbocycles. The van der Waals surface area contributed by atoms with Crippen molar-refractivity contribution in [3.05, 3.63) is 17.5 Å². The maximum absolute atomic E-state index is 11.1. The van der Waals surface area contributed by atoms with E-state index in [-0.39, 0.29) is 11.3 Å². The molecule has 14 heavy (non-hydrogen) atoms. The zero-order chi connectivity index (χ0) is 10.7. The van der Waals surface area contributed by atoms with Crippen LogP contribution in [0, 0.1) is 0 Å². The first-order valence-corrected chi connectivity index (χ1v) is 3.68. The molecule has 0 saturated carbocycles. The molecule has 0 amide bonds. The fourth-order valence-electron chi connectivity index (χ4n) is 0.930. The summed E-state index contributed by atoms with van der Waals surface area (Å²) in [5.41, 5.74) is 5.37. The lowest BCUT2D eigenvalue weighted by atomic mass is 10.1. The maximum atomic E-state index is 11.1. The number of esters is 1. The number of hydrogen-bond acceptors (Lipinski definition) is 5. The molecular weight excluding hydrogens is 190 g/mol. The Hall–Kier alpha value is -1.89. The van der Waals surface area contributed by atoms with Crippen LogP contribution in [0.3, 0.4) is 0 Å². The van der Waals surface area contributed by atoms with Crippen LogP contribution < -0.4 is 5.73 Å². The number of H-pyrrole nitrogens is 1. The van der Waals surface area contributed by atoms with Gasteiger partial charge >= 0.3 is 11.9 Å². The average Bonchev–Trinajstić information content (AvgIpc) is 2.63. The molecule has 7 nitrogen and oxygen atoms in total. The molecule has 76 valence electrons. The number of aliphatic carboxylic acids is 1. The van der Waals surface area contributed by atoms with Crippen LogP contribution >= 0.6 is 0 Å². The number of nitrogens with zero attached hydrogens (tertiary/aromatic N) is 1.